The summed E-state index contributed by atoms with van der Waals surface area (Å²) in [4.78, 5) is 28.8. The van der Waals surface area contributed by atoms with E-state index in [1.54, 1.807) is 18.2 Å². The molecule has 0 bridgehead atoms. The fraction of sp³-hybridized carbons (Fsp3) is 0.0952. The minimum absolute atomic E-state index is 0.0386. The normalized spacial score (nSPS) is 11.0. The SMILES string of the molecule is Cc1cccc(NC(=O)c2cccc(C(=O)Nc3ccccc3C(F)(F)F)n2)c1. The van der Waals surface area contributed by atoms with Gasteiger partial charge in [0, 0.05) is 5.69 Å². The summed E-state index contributed by atoms with van der Waals surface area (Å²) in [6.45, 7) is 1.87. The predicted octanol–water partition coefficient (Wildman–Crippen LogP) is 4.91. The number of anilines is 2. The maximum absolute atomic E-state index is 13.1. The second-order valence-electron chi connectivity index (χ2n) is 6.23. The Morgan fingerprint density at radius 2 is 1.45 bits per heavy atom. The minimum atomic E-state index is -4.62. The van der Waals surface area contributed by atoms with Gasteiger partial charge in [0.15, 0.2) is 0 Å². The average molecular weight is 399 g/mol. The molecule has 0 saturated carbocycles. The first-order chi connectivity index (χ1) is 13.7. The van der Waals surface area contributed by atoms with Crippen LogP contribution in [0.25, 0.3) is 0 Å². The molecule has 0 unspecified atom stereocenters. The number of pyridine rings is 1. The molecular formula is C21H16F3N3O2. The molecule has 3 aromatic rings. The molecule has 0 fully saturated rings. The number of nitrogens with one attached hydrogen (secondary N) is 2. The first-order valence-corrected chi connectivity index (χ1v) is 8.57. The number of alkyl halides is 3. The number of rotatable bonds is 4. The third-order valence-corrected chi connectivity index (χ3v) is 3.97. The number of aromatic nitrogens is 1. The van der Waals surface area contributed by atoms with E-state index in [-0.39, 0.29) is 17.1 Å². The molecule has 1 aromatic heterocycles. The van der Waals surface area contributed by atoms with Crippen LogP contribution in [-0.4, -0.2) is 16.8 Å². The highest BCUT2D eigenvalue weighted by Gasteiger charge is 2.33. The van der Waals surface area contributed by atoms with E-state index in [1.807, 2.05) is 13.0 Å². The van der Waals surface area contributed by atoms with Crippen molar-refractivity contribution in [2.24, 2.45) is 0 Å². The number of para-hydroxylation sites is 1. The van der Waals surface area contributed by atoms with Crippen molar-refractivity contribution in [3.8, 4) is 0 Å². The lowest BCUT2D eigenvalue weighted by Crippen LogP contribution is -2.20. The Morgan fingerprint density at radius 3 is 2.10 bits per heavy atom. The molecule has 0 aliphatic heterocycles. The smallest absolute Gasteiger partial charge is 0.321 e. The van der Waals surface area contributed by atoms with Crippen LogP contribution in [0.3, 0.4) is 0 Å². The van der Waals surface area contributed by atoms with E-state index in [1.165, 1.54) is 30.3 Å². The second-order valence-corrected chi connectivity index (χ2v) is 6.23. The van der Waals surface area contributed by atoms with Crippen molar-refractivity contribution in [1.82, 2.24) is 4.98 Å². The lowest BCUT2D eigenvalue weighted by molar-refractivity contribution is -0.136. The van der Waals surface area contributed by atoms with Crippen LogP contribution in [-0.2, 0) is 6.18 Å². The van der Waals surface area contributed by atoms with E-state index in [9.17, 15) is 22.8 Å². The molecule has 0 aliphatic rings. The number of halogens is 3. The van der Waals surface area contributed by atoms with Crippen LogP contribution in [0.5, 0.6) is 0 Å². The number of aryl methyl sites for hydroxylation is 1. The van der Waals surface area contributed by atoms with Gasteiger partial charge in [-0.05, 0) is 48.9 Å². The van der Waals surface area contributed by atoms with Gasteiger partial charge >= 0.3 is 6.18 Å². The van der Waals surface area contributed by atoms with Gasteiger partial charge in [0.25, 0.3) is 11.8 Å². The Labute approximate surface area is 164 Å². The average Bonchev–Trinajstić information content (AvgIpc) is 2.67. The zero-order valence-corrected chi connectivity index (χ0v) is 15.2. The van der Waals surface area contributed by atoms with Crippen LogP contribution in [0.1, 0.15) is 32.1 Å². The Morgan fingerprint density at radius 1 is 0.828 bits per heavy atom. The monoisotopic (exact) mass is 399 g/mol. The molecule has 3 rings (SSSR count). The van der Waals surface area contributed by atoms with Gasteiger partial charge in [0.1, 0.15) is 11.4 Å². The Kier molecular flexibility index (Phi) is 5.63. The van der Waals surface area contributed by atoms with Crippen molar-refractivity contribution >= 4 is 23.2 Å². The molecule has 5 nitrogen and oxygen atoms in total. The van der Waals surface area contributed by atoms with E-state index in [4.69, 9.17) is 0 Å². The number of benzene rings is 2. The van der Waals surface area contributed by atoms with Gasteiger partial charge < -0.3 is 10.6 Å². The van der Waals surface area contributed by atoms with E-state index in [2.05, 4.69) is 15.6 Å². The van der Waals surface area contributed by atoms with Crippen molar-refractivity contribution in [2.45, 2.75) is 13.1 Å². The lowest BCUT2D eigenvalue weighted by Gasteiger charge is -2.13. The Bertz CT molecular complexity index is 1060. The molecule has 2 N–H and O–H groups in total. The Balaban J connectivity index is 1.79. The summed E-state index contributed by atoms with van der Waals surface area (Å²) in [5, 5.41) is 4.87. The van der Waals surface area contributed by atoms with Crippen LogP contribution >= 0.6 is 0 Å². The van der Waals surface area contributed by atoms with Gasteiger partial charge in [-0.3, -0.25) is 9.59 Å². The molecule has 0 aliphatic carbocycles. The van der Waals surface area contributed by atoms with Crippen LogP contribution in [0.4, 0.5) is 24.5 Å². The van der Waals surface area contributed by atoms with E-state index in [0.717, 1.165) is 17.7 Å². The molecule has 2 aromatic carbocycles. The van der Waals surface area contributed by atoms with Crippen LogP contribution < -0.4 is 10.6 Å². The summed E-state index contributed by atoms with van der Waals surface area (Å²) in [7, 11) is 0. The van der Waals surface area contributed by atoms with Crippen molar-refractivity contribution in [1.29, 1.82) is 0 Å². The van der Waals surface area contributed by atoms with E-state index < -0.39 is 23.6 Å². The van der Waals surface area contributed by atoms with Gasteiger partial charge in [0.2, 0.25) is 0 Å². The fourth-order valence-electron chi connectivity index (χ4n) is 2.63. The summed E-state index contributed by atoms with van der Waals surface area (Å²) < 4.78 is 39.3. The third kappa shape index (κ3) is 4.98. The summed E-state index contributed by atoms with van der Waals surface area (Å²) in [6, 6.07) is 15.9. The number of amides is 2. The number of hydrogen-bond donors (Lipinski definition) is 2. The molecule has 2 amide bonds. The third-order valence-electron chi connectivity index (χ3n) is 3.97. The lowest BCUT2D eigenvalue weighted by atomic mass is 10.1. The molecule has 0 spiro atoms. The molecular weight excluding hydrogens is 383 g/mol. The molecule has 0 atom stereocenters. The highest BCUT2D eigenvalue weighted by Crippen LogP contribution is 2.34. The van der Waals surface area contributed by atoms with Gasteiger partial charge in [-0.2, -0.15) is 13.2 Å². The summed E-state index contributed by atoms with van der Waals surface area (Å²) in [5.41, 5.74) is -0.0665. The minimum Gasteiger partial charge on any atom is -0.321 e. The topological polar surface area (TPSA) is 71.1 Å². The maximum atomic E-state index is 13.1. The van der Waals surface area contributed by atoms with Crippen molar-refractivity contribution < 1.29 is 22.8 Å². The number of hydrogen-bond acceptors (Lipinski definition) is 3. The highest BCUT2D eigenvalue weighted by molar-refractivity contribution is 6.06. The first kappa shape index (κ1) is 20.1. The predicted molar refractivity (Wildman–Crippen MR) is 103 cm³/mol. The number of carbonyl (C=O) groups is 2. The summed E-state index contributed by atoms with van der Waals surface area (Å²) in [6.07, 6.45) is -4.62. The molecule has 0 saturated heterocycles. The standard InChI is InChI=1S/C21H16F3N3O2/c1-13-6-4-7-14(12-13)25-19(28)17-10-5-11-18(26-17)20(29)27-16-9-3-2-8-15(16)21(22,23)24/h2-12H,1H3,(H,25,28)(H,27,29). The molecule has 8 heteroatoms. The number of carbonyl (C=O) groups excluding carboxylic acids is 2. The quantitative estimate of drug-likeness (QED) is 0.655. The molecule has 148 valence electrons. The highest BCUT2D eigenvalue weighted by atomic mass is 19.4. The second kappa shape index (κ2) is 8.14. The Hall–Kier alpha value is -3.68. The van der Waals surface area contributed by atoms with Gasteiger partial charge in [-0.1, -0.05) is 30.3 Å². The van der Waals surface area contributed by atoms with Crippen LogP contribution in [0.2, 0.25) is 0 Å². The molecule has 1 heterocycles. The molecule has 29 heavy (non-hydrogen) atoms. The van der Waals surface area contributed by atoms with Crippen LogP contribution in [0.15, 0.2) is 66.7 Å². The fourth-order valence-corrected chi connectivity index (χ4v) is 2.63. The summed E-state index contributed by atoms with van der Waals surface area (Å²) >= 11 is 0. The zero-order chi connectivity index (χ0) is 21.0. The van der Waals surface area contributed by atoms with E-state index >= 15 is 0 Å². The van der Waals surface area contributed by atoms with Gasteiger partial charge in [0.05, 0.1) is 11.3 Å². The van der Waals surface area contributed by atoms with Crippen LogP contribution in [0, 0.1) is 6.92 Å². The largest absolute Gasteiger partial charge is 0.418 e. The zero-order valence-electron chi connectivity index (χ0n) is 15.2. The van der Waals surface area contributed by atoms with Crippen molar-refractivity contribution in [3.05, 3.63) is 89.2 Å². The van der Waals surface area contributed by atoms with Gasteiger partial charge in [-0.15, -0.1) is 0 Å². The maximum Gasteiger partial charge on any atom is 0.418 e. The first-order valence-electron chi connectivity index (χ1n) is 8.57. The van der Waals surface area contributed by atoms with Crippen molar-refractivity contribution in [3.63, 3.8) is 0 Å². The summed E-state index contributed by atoms with van der Waals surface area (Å²) in [5.74, 6) is -1.40. The van der Waals surface area contributed by atoms with Crippen molar-refractivity contribution in [2.75, 3.05) is 10.6 Å². The van der Waals surface area contributed by atoms with E-state index in [0.29, 0.717) is 5.69 Å². The molecule has 0 radical (unpaired) electrons. The number of nitrogens with zero attached hydrogens (tertiary/aromatic N) is 1. The van der Waals surface area contributed by atoms with Gasteiger partial charge in [-0.25, -0.2) is 4.98 Å².